The van der Waals surface area contributed by atoms with Crippen LogP contribution in [0.4, 0.5) is 8.78 Å². The second kappa shape index (κ2) is 9.32. The molecule has 0 atom stereocenters. The van der Waals surface area contributed by atoms with Gasteiger partial charge < -0.3 is 0 Å². The van der Waals surface area contributed by atoms with E-state index in [2.05, 4.69) is 13.8 Å². The summed E-state index contributed by atoms with van der Waals surface area (Å²) in [6, 6.07) is 3.81. The number of halogens is 2. The van der Waals surface area contributed by atoms with Gasteiger partial charge in [0.15, 0.2) is 0 Å². The molecule has 0 saturated carbocycles. The second-order valence-electron chi connectivity index (χ2n) is 3.91. The zero-order valence-corrected chi connectivity index (χ0v) is 10.5. The average Bonchev–Trinajstić information content (AvgIpc) is 2.27. The molecule has 1 rings (SSSR count). The summed E-state index contributed by atoms with van der Waals surface area (Å²) in [5.41, 5.74) is 0.0810. The predicted molar refractivity (Wildman–Crippen MR) is 65.5 cm³/mol. The van der Waals surface area contributed by atoms with Gasteiger partial charge >= 0.3 is 0 Å². The molecular weight excluding hydrogens is 206 g/mol. The fraction of sp³-hybridized carbons (Fsp3) is 0.571. The van der Waals surface area contributed by atoms with E-state index >= 15 is 0 Å². The highest BCUT2D eigenvalue weighted by atomic mass is 19.1. The summed E-state index contributed by atoms with van der Waals surface area (Å²) in [5, 5.41) is 0. The molecule has 0 bridgehead atoms. The Morgan fingerprint density at radius 2 is 1.31 bits per heavy atom. The third-order valence-electron chi connectivity index (χ3n) is 2.41. The van der Waals surface area contributed by atoms with Gasteiger partial charge in [0.05, 0.1) is 0 Å². The molecule has 16 heavy (non-hydrogen) atoms. The molecule has 0 unspecified atom stereocenters. The van der Waals surface area contributed by atoms with Crippen LogP contribution in [0.1, 0.15) is 51.5 Å². The topological polar surface area (TPSA) is 0 Å². The summed E-state index contributed by atoms with van der Waals surface area (Å²) < 4.78 is 24.7. The first-order chi connectivity index (χ1) is 7.63. The molecule has 2 heteroatoms. The Balaban J connectivity index is 0.000000293. The van der Waals surface area contributed by atoms with Gasteiger partial charge in [0.25, 0.3) is 0 Å². The molecule has 0 aliphatic carbocycles. The van der Waals surface area contributed by atoms with Gasteiger partial charge in [-0.2, -0.15) is 0 Å². The maximum atomic E-state index is 12.3. The lowest BCUT2D eigenvalue weighted by Gasteiger charge is -1.94. The molecule has 0 aromatic heterocycles. The summed E-state index contributed by atoms with van der Waals surface area (Å²) in [7, 11) is 0. The first-order valence-corrected chi connectivity index (χ1v) is 6.04. The zero-order valence-electron chi connectivity index (χ0n) is 10.5. The van der Waals surface area contributed by atoms with Gasteiger partial charge in [0.2, 0.25) is 0 Å². The lowest BCUT2D eigenvalue weighted by molar-refractivity contribution is 0.568. The van der Waals surface area contributed by atoms with Gasteiger partial charge in [-0.15, -0.1) is 0 Å². The SMILES string of the molecule is CCCCCCC.Cc1c(F)cccc1F. The van der Waals surface area contributed by atoms with Crippen molar-refractivity contribution in [1.29, 1.82) is 0 Å². The van der Waals surface area contributed by atoms with Crippen LogP contribution in [0.25, 0.3) is 0 Å². The Morgan fingerprint density at radius 3 is 1.62 bits per heavy atom. The van der Waals surface area contributed by atoms with E-state index in [4.69, 9.17) is 0 Å². The van der Waals surface area contributed by atoms with Crippen molar-refractivity contribution in [3.8, 4) is 0 Å². The monoisotopic (exact) mass is 228 g/mol. The maximum Gasteiger partial charge on any atom is 0.129 e. The van der Waals surface area contributed by atoms with Crippen LogP contribution in [0.15, 0.2) is 18.2 Å². The van der Waals surface area contributed by atoms with Crippen LogP contribution in [0.5, 0.6) is 0 Å². The molecule has 0 radical (unpaired) electrons. The van der Waals surface area contributed by atoms with E-state index in [-0.39, 0.29) is 5.56 Å². The minimum Gasteiger partial charge on any atom is -0.207 e. The minimum absolute atomic E-state index is 0.0810. The summed E-state index contributed by atoms with van der Waals surface area (Å²) in [4.78, 5) is 0. The van der Waals surface area contributed by atoms with Crippen molar-refractivity contribution in [3.05, 3.63) is 35.4 Å². The standard InChI is InChI=1S/C7H6F2.C7H16/c1-5-6(8)3-2-4-7(5)9;1-3-5-7-6-4-2/h2-4H,1H3;3-7H2,1-2H3. The van der Waals surface area contributed by atoms with E-state index in [1.807, 2.05) is 0 Å². The molecule has 0 spiro atoms. The lowest BCUT2D eigenvalue weighted by Crippen LogP contribution is -1.85. The van der Waals surface area contributed by atoms with Crippen LogP contribution >= 0.6 is 0 Å². The Bertz CT molecular complexity index is 258. The highest BCUT2D eigenvalue weighted by molar-refractivity contribution is 5.17. The van der Waals surface area contributed by atoms with E-state index < -0.39 is 11.6 Å². The number of rotatable bonds is 4. The van der Waals surface area contributed by atoms with Crippen LogP contribution in [0.2, 0.25) is 0 Å². The van der Waals surface area contributed by atoms with Gasteiger partial charge in [-0.1, -0.05) is 52.0 Å². The highest BCUT2D eigenvalue weighted by Crippen LogP contribution is 2.08. The van der Waals surface area contributed by atoms with Gasteiger partial charge in [0.1, 0.15) is 11.6 Å². The Hall–Kier alpha value is -0.920. The Morgan fingerprint density at radius 1 is 0.875 bits per heavy atom. The second-order valence-corrected chi connectivity index (χ2v) is 3.91. The predicted octanol–water partition coefficient (Wildman–Crippen LogP) is 5.25. The summed E-state index contributed by atoms with van der Waals surface area (Å²) in [6.07, 6.45) is 7.01. The molecule has 0 amide bonds. The van der Waals surface area contributed by atoms with E-state index in [9.17, 15) is 8.78 Å². The van der Waals surface area contributed by atoms with Crippen molar-refractivity contribution in [1.82, 2.24) is 0 Å². The third kappa shape index (κ3) is 6.54. The molecule has 0 N–H and O–H groups in total. The Labute approximate surface area is 97.7 Å². The largest absolute Gasteiger partial charge is 0.207 e. The average molecular weight is 228 g/mol. The number of benzene rings is 1. The quantitative estimate of drug-likeness (QED) is 0.617. The molecule has 92 valence electrons. The lowest BCUT2D eigenvalue weighted by atomic mass is 10.2. The van der Waals surface area contributed by atoms with E-state index in [0.717, 1.165) is 0 Å². The first-order valence-electron chi connectivity index (χ1n) is 6.04. The van der Waals surface area contributed by atoms with Crippen LogP contribution < -0.4 is 0 Å². The summed E-state index contributed by atoms with van der Waals surface area (Å²) >= 11 is 0. The van der Waals surface area contributed by atoms with E-state index in [0.29, 0.717) is 0 Å². The number of hydrogen-bond donors (Lipinski definition) is 0. The maximum absolute atomic E-state index is 12.3. The first kappa shape index (κ1) is 15.1. The van der Waals surface area contributed by atoms with E-state index in [1.165, 1.54) is 57.2 Å². The van der Waals surface area contributed by atoms with Crippen LogP contribution in [0, 0.1) is 18.6 Å². The van der Waals surface area contributed by atoms with Crippen molar-refractivity contribution >= 4 is 0 Å². The summed E-state index contributed by atoms with van der Waals surface area (Å²) in [5.74, 6) is -0.981. The molecule has 1 aromatic carbocycles. The van der Waals surface area contributed by atoms with Crippen LogP contribution in [0.3, 0.4) is 0 Å². The van der Waals surface area contributed by atoms with Gasteiger partial charge in [-0.05, 0) is 19.1 Å². The fourth-order valence-electron chi connectivity index (χ4n) is 1.26. The molecule has 0 nitrogen and oxygen atoms in total. The van der Waals surface area contributed by atoms with Crippen LogP contribution in [-0.2, 0) is 0 Å². The number of hydrogen-bond acceptors (Lipinski definition) is 0. The number of unbranched alkanes of at least 4 members (excludes halogenated alkanes) is 4. The molecule has 0 fully saturated rings. The smallest absolute Gasteiger partial charge is 0.129 e. The normalized spacial score (nSPS) is 9.56. The molecule has 0 aliphatic heterocycles. The van der Waals surface area contributed by atoms with Crippen molar-refractivity contribution in [2.45, 2.75) is 52.9 Å². The van der Waals surface area contributed by atoms with Gasteiger partial charge in [-0.25, -0.2) is 8.78 Å². The fourth-order valence-corrected chi connectivity index (χ4v) is 1.26. The van der Waals surface area contributed by atoms with Gasteiger partial charge in [-0.3, -0.25) is 0 Å². The van der Waals surface area contributed by atoms with Crippen molar-refractivity contribution < 1.29 is 8.78 Å². The van der Waals surface area contributed by atoms with Crippen LogP contribution in [-0.4, -0.2) is 0 Å². The molecule has 0 aliphatic rings. The van der Waals surface area contributed by atoms with Crippen molar-refractivity contribution in [2.24, 2.45) is 0 Å². The summed E-state index contributed by atoms with van der Waals surface area (Å²) in [6.45, 7) is 5.90. The molecule has 0 saturated heterocycles. The molecule has 1 aromatic rings. The van der Waals surface area contributed by atoms with Crippen molar-refractivity contribution in [3.63, 3.8) is 0 Å². The Kier molecular flexibility index (Phi) is 8.78. The minimum atomic E-state index is -0.491. The molecule has 0 heterocycles. The van der Waals surface area contributed by atoms with Gasteiger partial charge in [0, 0.05) is 5.56 Å². The zero-order chi connectivity index (χ0) is 12.4. The van der Waals surface area contributed by atoms with E-state index in [1.54, 1.807) is 0 Å². The molecular formula is C14H22F2. The van der Waals surface area contributed by atoms with Crippen molar-refractivity contribution in [2.75, 3.05) is 0 Å². The third-order valence-corrected chi connectivity index (χ3v) is 2.41. The highest BCUT2D eigenvalue weighted by Gasteiger charge is 1.99.